The number of hydrogen-bond acceptors (Lipinski definition) is 7. The average Bonchev–Trinajstić information content (AvgIpc) is 3.46. The number of hydrogen-bond donors (Lipinski definition) is 1. The van der Waals surface area contributed by atoms with Gasteiger partial charge in [-0.05, 0) is 59.7 Å². The quantitative estimate of drug-likeness (QED) is 0.0853. The van der Waals surface area contributed by atoms with Gasteiger partial charge in [0.15, 0.2) is 4.34 Å². The van der Waals surface area contributed by atoms with Crippen molar-refractivity contribution < 1.29 is 23.5 Å². The fraction of sp³-hybridized carbons (Fsp3) is 0.0769. The summed E-state index contributed by atoms with van der Waals surface area (Å²) in [4.78, 5) is 27.7. The number of carbonyl (C=O) groups is 2. The lowest BCUT2D eigenvalue weighted by Crippen LogP contribution is -2.29. The molecule has 6 nitrogen and oxygen atoms in total. The summed E-state index contributed by atoms with van der Waals surface area (Å²) in [5.74, 6) is -2.77. The molecule has 1 N–H and O–H groups in total. The molecule has 38 heavy (non-hydrogen) atoms. The molecule has 1 aliphatic rings. The molecule has 0 bridgehead atoms. The van der Waals surface area contributed by atoms with Crippen LogP contribution in [0.2, 0.25) is 10.0 Å². The Kier molecular flexibility index (Phi) is 7.49. The molecular formula is C26H15Cl2F2N3O3S2. The van der Waals surface area contributed by atoms with Crippen LogP contribution in [0, 0.1) is 11.6 Å². The van der Waals surface area contributed by atoms with E-state index < -0.39 is 29.3 Å². The second kappa shape index (κ2) is 10.8. The van der Waals surface area contributed by atoms with Gasteiger partial charge in [-0.2, -0.15) is 0 Å². The van der Waals surface area contributed by atoms with E-state index in [0.29, 0.717) is 20.7 Å². The highest BCUT2D eigenvalue weighted by Crippen LogP contribution is 2.46. The normalized spacial score (nSPS) is 16.8. The number of rotatable bonds is 6. The topological polar surface area (TPSA) is 83.4 Å². The van der Waals surface area contributed by atoms with Crippen LogP contribution in [0.5, 0.6) is 0 Å². The fourth-order valence-corrected chi connectivity index (χ4v) is 6.23. The number of amides is 1. The molecule has 1 aliphatic heterocycles. The Morgan fingerprint density at radius 3 is 2.29 bits per heavy atom. The van der Waals surface area contributed by atoms with Gasteiger partial charge in [0.05, 0.1) is 11.6 Å². The molecule has 1 atom stereocenters. The van der Waals surface area contributed by atoms with E-state index in [2.05, 4.69) is 10.2 Å². The van der Waals surface area contributed by atoms with Crippen molar-refractivity contribution in [3.63, 3.8) is 0 Å². The number of Topliss-reactive ketones (excluding diaryl/α,β-unsaturated/α-hetero) is 1. The molecule has 0 aliphatic carbocycles. The lowest BCUT2D eigenvalue weighted by molar-refractivity contribution is -0.132. The van der Waals surface area contributed by atoms with Crippen LogP contribution in [-0.2, 0) is 15.3 Å². The molecule has 5 rings (SSSR count). The van der Waals surface area contributed by atoms with E-state index in [1.807, 2.05) is 0 Å². The highest BCUT2D eigenvalue weighted by atomic mass is 35.5. The van der Waals surface area contributed by atoms with Gasteiger partial charge in [-0.3, -0.25) is 14.5 Å². The summed E-state index contributed by atoms with van der Waals surface area (Å²) in [6.45, 7) is 0. The van der Waals surface area contributed by atoms with Crippen LogP contribution >= 0.6 is 46.3 Å². The van der Waals surface area contributed by atoms with Gasteiger partial charge < -0.3 is 5.11 Å². The van der Waals surface area contributed by atoms with Crippen molar-refractivity contribution in [2.75, 3.05) is 4.90 Å². The first-order valence-electron chi connectivity index (χ1n) is 11.0. The number of benzene rings is 3. The van der Waals surface area contributed by atoms with E-state index in [1.165, 1.54) is 42.1 Å². The summed E-state index contributed by atoms with van der Waals surface area (Å²) in [6, 6.07) is 14.3. The molecule has 1 aromatic heterocycles. The van der Waals surface area contributed by atoms with E-state index in [1.54, 1.807) is 24.3 Å². The van der Waals surface area contributed by atoms with Gasteiger partial charge in [-0.15, -0.1) is 10.2 Å². The van der Waals surface area contributed by atoms with Crippen molar-refractivity contribution in [1.82, 2.24) is 10.2 Å². The second-order valence-electron chi connectivity index (χ2n) is 8.11. The molecule has 2 heterocycles. The zero-order valence-electron chi connectivity index (χ0n) is 19.1. The Morgan fingerprint density at radius 1 is 0.974 bits per heavy atom. The maximum absolute atomic E-state index is 13.5. The Bertz CT molecular complexity index is 1580. The minimum Gasteiger partial charge on any atom is -0.507 e. The zero-order valence-corrected chi connectivity index (χ0v) is 22.2. The SMILES string of the molecule is O=C1C(=O)N(c2nnc(SCc3ccc(F)cc3)s2)C(c2ccc(Cl)cc2Cl)/C1=C(/O)c1ccc(F)cc1. The van der Waals surface area contributed by atoms with Gasteiger partial charge in [0.1, 0.15) is 17.4 Å². The number of thioether (sulfide) groups is 1. The van der Waals surface area contributed by atoms with Gasteiger partial charge in [-0.25, -0.2) is 8.78 Å². The van der Waals surface area contributed by atoms with E-state index >= 15 is 0 Å². The van der Waals surface area contributed by atoms with Crippen molar-refractivity contribution in [2.24, 2.45) is 0 Å². The summed E-state index contributed by atoms with van der Waals surface area (Å²) in [7, 11) is 0. The van der Waals surface area contributed by atoms with Gasteiger partial charge in [0, 0.05) is 21.4 Å². The summed E-state index contributed by atoms with van der Waals surface area (Å²) in [5.41, 5.74) is 1.10. The van der Waals surface area contributed by atoms with Crippen LogP contribution < -0.4 is 4.90 Å². The lowest BCUT2D eigenvalue weighted by atomic mass is 9.95. The molecule has 0 radical (unpaired) electrons. The van der Waals surface area contributed by atoms with Gasteiger partial charge in [-0.1, -0.05) is 64.5 Å². The number of anilines is 1. The van der Waals surface area contributed by atoms with Gasteiger partial charge in [0.25, 0.3) is 5.78 Å². The van der Waals surface area contributed by atoms with E-state index in [4.69, 9.17) is 23.2 Å². The molecule has 1 saturated heterocycles. The first-order chi connectivity index (χ1) is 18.2. The molecule has 1 amide bonds. The number of aliphatic hydroxyl groups excluding tert-OH is 1. The third-order valence-corrected chi connectivity index (χ3v) is 8.39. The molecule has 1 unspecified atom stereocenters. The van der Waals surface area contributed by atoms with Crippen LogP contribution in [0.25, 0.3) is 5.76 Å². The smallest absolute Gasteiger partial charge is 0.301 e. The molecule has 0 spiro atoms. The second-order valence-corrected chi connectivity index (χ2v) is 11.1. The minimum atomic E-state index is -1.15. The van der Waals surface area contributed by atoms with Gasteiger partial charge >= 0.3 is 5.91 Å². The predicted octanol–water partition coefficient (Wildman–Crippen LogP) is 7.04. The molecular weight excluding hydrogens is 575 g/mol. The molecule has 0 saturated carbocycles. The number of aromatic nitrogens is 2. The van der Waals surface area contributed by atoms with Crippen LogP contribution in [0.3, 0.4) is 0 Å². The Balaban J connectivity index is 1.56. The number of halogens is 4. The Morgan fingerprint density at radius 2 is 1.63 bits per heavy atom. The molecule has 3 aromatic carbocycles. The summed E-state index contributed by atoms with van der Waals surface area (Å²) in [5, 5.41) is 20.0. The number of aliphatic hydroxyl groups is 1. The number of nitrogens with zero attached hydrogens (tertiary/aromatic N) is 3. The predicted molar refractivity (Wildman–Crippen MR) is 144 cm³/mol. The zero-order chi connectivity index (χ0) is 27.0. The maximum Gasteiger partial charge on any atom is 0.301 e. The van der Waals surface area contributed by atoms with Crippen LogP contribution in [0.4, 0.5) is 13.9 Å². The maximum atomic E-state index is 13.5. The van der Waals surface area contributed by atoms with Gasteiger partial charge in [0.2, 0.25) is 5.13 Å². The summed E-state index contributed by atoms with van der Waals surface area (Å²) in [6.07, 6.45) is 0. The Hall–Kier alpha value is -3.31. The third kappa shape index (κ3) is 5.17. The third-order valence-electron chi connectivity index (χ3n) is 5.70. The lowest BCUT2D eigenvalue weighted by Gasteiger charge is -2.23. The summed E-state index contributed by atoms with van der Waals surface area (Å²) >= 11 is 14.9. The van der Waals surface area contributed by atoms with Crippen molar-refractivity contribution in [2.45, 2.75) is 16.1 Å². The monoisotopic (exact) mass is 589 g/mol. The highest BCUT2D eigenvalue weighted by Gasteiger charge is 2.49. The van der Waals surface area contributed by atoms with Crippen molar-refractivity contribution >= 4 is 68.9 Å². The molecule has 1 fully saturated rings. The van der Waals surface area contributed by atoms with E-state index in [9.17, 15) is 23.5 Å². The minimum absolute atomic E-state index is 0.114. The Labute approximate surface area is 233 Å². The van der Waals surface area contributed by atoms with E-state index in [-0.39, 0.29) is 27.1 Å². The molecule has 192 valence electrons. The van der Waals surface area contributed by atoms with Crippen LogP contribution in [0.15, 0.2) is 76.6 Å². The average molecular weight is 590 g/mol. The molecule has 12 heteroatoms. The van der Waals surface area contributed by atoms with Crippen LogP contribution in [-0.4, -0.2) is 27.0 Å². The number of ketones is 1. The van der Waals surface area contributed by atoms with Crippen molar-refractivity contribution in [1.29, 1.82) is 0 Å². The number of carbonyl (C=O) groups excluding carboxylic acids is 2. The van der Waals surface area contributed by atoms with Crippen molar-refractivity contribution in [3.8, 4) is 0 Å². The standard InChI is InChI=1S/C26H15Cl2F2N3O3S2/c27-15-5-10-18(19(28)11-15)21-20(22(34)14-3-8-17(30)9-4-14)23(35)24(36)33(21)25-31-32-26(38-25)37-12-13-1-6-16(29)7-2-13/h1-11,21,34H,12H2/b22-20-. The first kappa shape index (κ1) is 26.3. The van der Waals surface area contributed by atoms with Crippen molar-refractivity contribution in [3.05, 3.63) is 111 Å². The highest BCUT2D eigenvalue weighted by molar-refractivity contribution is 8.00. The first-order valence-corrected chi connectivity index (χ1v) is 13.5. The van der Waals surface area contributed by atoms with Crippen LogP contribution in [0.1, 0.15) is 22.7 Å². The fourth-order valence-electron chi connectivity index (χ4n) is 3.89. The summed E-state index contributed by atoms with van der Waals surface area (Å²) < 4.78 is 27.2. The van der Waals surface area contributed by atoms with E-state index in [0.717, 1.165) is 33.9 Å². The largest absolute Gasteiger partial charge is 0.507 e. The molecule has 4 aromatic rings.